The standard InChI is InChI=1S/C20H22Cl2N2O2/c1-3-26-19-7-5-15(12-17(19)22)20(25)24-10-8-23(9-11-24)18-13-16(21)6-4-14(18)2/h4-7,12-13H,3,8-11H2,1-2H3. The van der Waals surface area contributed by atoms with Crippen LogP contribution in [0.4, 0.5) is 5.69 Å². The first-order valence-corrected chi connectivity index (χ1v) is 9.48. The number of ether oxygens (including phenoxy) is 1. The van der Waals surface area contributed by atoms with E-state index in [2.05, 4.69) is 11.8 Å². The van der Waals surface area contributed by atoms with Crippen molar-refractivity contribution < 1.29 is 9.53 Å². The molecule has 1 fully saturated rings. The third-order valence-corrected chi connectivity index (χ3v) is 5.09. The molecule has 0 radical (unpaired) electrons. The zero-order chi connectivity index (χ0) is 18.7. The number of rotatable bonds is 4. The molecule has 1 amide bonds. The highest BCUT2D eigenvalue weighted by Crippen LogP contribution is 2.28. The number of benzene rings is 2. The van der Waals surface area contributed by atoms with Crippen molar-refractivity contribution in [3.05, 3.63) is 57.6 Å². The second kappa shape index (κ2) is 8.19. The summed E-state index contributed by atoms with van der Waals surface area (Å²) in [7, 11) is 0. The lowest BCUT2D eigenvalue weighted by molar-refractivity contribution is 0.0746. The molecular weight excluding hydrogens is 371 g/mol. The molecule has 0 unspecified atom stereocenters. The number of hydrogen-bond donors (Lipinski definition) is 0. The predicted octanol–water partition coefficient (Wildman–Crippen LogP) is 4.66. The summed E-state index contributed by atoms with van der Waals surface area (Å²) in [6.07, 6.45) is 0. The molecule has 3 rings (SSSR count). The van der Waals surface area contributed by atoms with E-state index in [-0.39, 0.29) is 5.91 Å². The summed E-state index contributed by atoms with van der Waals surface area (Å²) in [5, 5.41) is 1.19. The molecule has 0 saturated carbocycles. The average molecular weight is 393 g/mol. The lowest BCUT2D eigenvalue weighted by atomic mass is 10.1. The smallest absolute Gasteiger partial charge is 0.254 e. The monoisotopic (exact) mass is 392 g/mol. The Morgan fingerprint density at radius 2 is 1.81 bits per heavy atom. The van der Waals surface area contributed by atoms with Crippen molar-refractivity contribution in [2.75, 3.05) is 37.7 Å². The molecule has 26 heavy (non-hydrogen) atoms. The van der Waals surface area contributed by atoms with Crippen LogP contribution in [0.25, 0.3) is 0 Å². The van der Waals surface area contributed by atoms with Gasteiger partial charge in [0.25, 0.3) is 5.91 Å². The van der Waals surface area contributed by atoms with E-state index >= 15 is 0 Å². The highest BCUT2D eigenvalue weighted by molar-refractivity contribution is 6.32. The van der Waals surface area contributed by atoms with Gasteiger partial charge in [-0.05, 0) is 49.7 Å². The van der Waals surface area contributed by atoms with Crippen LogP contribution in [0.5, 0.6) is 5.75 Å². The number of aryl methyl sites for hydroxylation is 1. The molecule has 0 aromatic heterocycles. The Labute approximate surface area is 164 Å². The van der Waals surface area contributed by atoms with Crippen molar-refractivity contribution in [1.82, 2.24) is 4.90 Å². The van der Waals surface area contributed by atoms with Gasteiger partial charge in [-0.15, -0.1) is 0 Å². The van der Waals surface area contributed by atoms with Gasteiger partial charge in [-0.1, -0.05) is 29.3 Å². The molecule has 1 aliphatic rings. The van der Waals surface area contributed by atoms with Crippen LogP contribution in [0.3, 0.4) is 0 Å². The summed E-state index contributed by atoms with van der Waals surface area (Å²) in [5.41, 5.74) is 2.91. The Bertz CT molecular complexity index is 802. The molecule has 2 aromatic rings. The number of halogens is 2. The number of nitrogens with zero attached hydrogens (tertiary/aromatic N) is 2. The Morgan fingerprint density at radius 1 is 1.08 bits per heavy atom. The SMILES string of the molecule is CCOc1ccc(C(=O)N2CCN(c3cc(Cl)ccc3C)CC2)cc1Cl. The summed E-state index contributed by atoms with van der Waals surface area (Å²) in [4.78, 5) is 16.9. The van der Waals surface area contributed by atoms with Crippen molar-refractivity contribution >= 4 is 34.8 Å². The second-order valence-corrected chi connectivity index (χ2v) is 7.13. The predicted molar refractivity (Wildman–Crippen MR) is 107 cm³/mol. The topological polar surface area (TPSA) is 32.8 Å². The molecule has 0 bridgehead atoms. The van der Waals surface area contributed by atoms with E-state index in [9.17, 15) is 4.79 Å². The highest BCUT2D eigenvalue weighted by Gasteiger charge is 2.23. The zero-order valence-corrected chi connectivity index (χ0v) is 16.5. The van der Waals surface area contributed by atoms with E-state index in [1.165, 1.54) is 5.56 Å². The maximum Gasteiger partial charge on any atom is 0.254 e. The van der Waals surface area contributed by atoms with Crippen molar-refractivity contribution in [3.8, 4) is 5.75 Å². The van der Waals surface area contributed by atoms with E-state index in [0.29, 0.717) is 36.0 Å². The molecule has 0 atom stereocenters. The van der Waals surface area contributed by atoms with Crippen LogP contribution >= 0.6 is 23.2 Å². The van der Waals surface area contributed by atoms with Gasteiger partial charge in [-0.25, -0.2) is 0 Å². The zero-order valence-electron chi connectivity index (χ0n) is 15.0. The number of anilines is 1. The van der Waals surface area contributed by atoms with Crippen LogP contribution in [0.15, 0.2) is 36.4 Å². The van der Waals surface area contributed by atoms with E-state index in [0.717, 1.165) is 23.8 Å². The number of carbonyl (C=O) groups excluding carboxylic acids is 1. The summed E-state index contributed by atoms with van der Waals surface area (Å²) in [6.45, 7) is 7.39. The first-order valence-electron chi connectivity index (χ1n) is 8.72. The van der Waals surface area contributed by atoms with Crippen molar-refractivity contribution in [3.63, 3.8) is 0 Å². The average Bonchev–Trinajstić information content (AvgIpc) is 2.65. The minimum absolute atomic E-state index is 0.00239. The second-order valence-electron chi connectivity index (χ2n) is 6.29. The minimum atomic E-state index is -0.00239. The molecule has 4 nitrogen and oxygen atoms in total. The third-order valence-electron chi connectivity index (χ3n) is 4.56. The Kier molecular flexibility index (Phi) is 5.94. The molecule has 1 heterocycles. The van der Waals surface area contributed by atoms with Crippen molar-refractivity contribution in [2.24, 2.45) is 0 Å². The van der Waals surface area contributed by atoms with Gasteiger partial charge >= 0.3 is 0 Å². The summed E-state index contributed by atoms with van der Waals surface area (Å²) < 4.78 is 5.43. The van der Waals surface area contributed by atoms with Crippen LogP contribution in [0.1, 0.15) is 22.8 Å². The van der Waals surface area contributed by atoms with Gasteiger partial charge in [0.05, 0.1) is 11.6 Å². The van der Waals surface area contributed by atoms with Gasteiger partial charge in [-0.2, -0.15) is 0 Å². The number of piperazine rings is 1. The molecule has 1 aliphatic heterocycles. The Balaban J connectivity index is 1.67. The van der Waals surface area contributed by atoms with Gasteiger partial charge in [-0.3, -0.25) is 4.79 Å². The van der Waals surface area contributed by atoms with Crippen molar-refractivity contribution in [2.45, 2.75) is 13.8 Å². The van der Waals surface area contributed by atoms with E-state index in [1.54, 1.807) is 18.2 Å². The summed E-state index contributed by atoms with van der Waals surface area (Å²) in [5.74, 6) is 0.601. The number of carbonyl (C=O) groups is 1. The Hall–Kier alpha value is -1.91. The molecule has 0 N–H and O–H groups in total. The van der Waals surface area contributed by atoms with E-state index in [4.69, 9.17) is 27.9 Å². The van der Waals surface area contributed by atoms with Gasteiger partial charge in [0.1, 0.15) is 5.75 Å². The van der Waals surface area contributed by atoms with Crippen molar-refractivity contribution in [1.29, 1.82) is 0 Å². The number of amides is 1. The molecular formula is C20H22Cl2N2O2. The first-order chi connectivity index (χ1) is 12.5. The van der Waals surface area contributed by atoms with E-state index in [1.807, 2.05) is 30.0 Å². The quantitative estimate of drug-likeness (QED) is 0.757. The molecule has 0 spiro atoms. The van der Waals surface area contributed by atoms with Crippen LogP contribution in [-0.4, -0.2) is 43.6 Å². The minimum Gasteiger partial charge on any atom is -0.492 e. The normalized spacial score (nSPS) is 14.5. The fourth-order valence-electron chi connectivity index (χ4n) is 3.16. The van der Waals surface area contributed by atoms with Gasteiger partial charge in [0, 0.05) is 42.5 Å². The molecule has 138 valence electrons. The molecule has 2 aromatic carbocycles. The van der Waals surface area contributed by atoms with Gasteiger partial charge in [0.15, 0.2) is 0 Å². The highest BCUT2D eigenvalue weighted by atomic mass is 35.5. The van der Waals surface area contributed by atoms with Crippen LogP contribution in [-0.2, 0) is 0 Å². The van der Waals surface area contributed by atoms with E-state index < -0.39 is 0 Å². The van der Waals surface area contributed by atoms with Gasteiger partial charge < -0.3 is 14.5 Å². The lowest BCUT2D eigenvalue weighted by Crippen LogP contribution is -2.49. The summed E-state index contributed by atoms with van der Waals surface area (Å²) in [6, 6.07) is 11.1. The largest absolute Gasteiger partial charge is 0.492 e. The maximum atomic E-state index is 12.8. The first kappa shape index (κ1) is 18.9. The van der Waals surface area contributed by atoms with Gasteiger partial charge in [0.2, 0.25) is 0 Å². The number of hydrogen-bond acceptors (Lipinski definition) is 3. The third kappa shape index (κ3) is 4.08. The molecule has 1 saturated heterocycles. The fraction of sp³-hybridized carbons (Fsp3) is 0.350. The van der Waals surface area contributed by atoms with Crippen LogP contribution in [0.2, 0.25) is 10.0 Å². The lowest BCUT2D eigenvalue weighted by Gasteiger charge is -2.37. The maximum absolute atomic E-state index is 12.8. The molecule has 6 heteroatoms. The van der Waals surface area contributed by atoms with Crippen LogP contribution in [0, 0.1) is 6.92 Å². The fourth-order valence-corrected chi connectivity index (χ4v) is 3.56. The summed E-state index contributed by atoms with van der Waals surface area (Å²) >= 11 is 12.3. The van der Waals surface area contributed by atoms with Crippen LogP contribution < -0.4 is 9.64 Å². The Morgan fingerprint density at radius 3 is 2.46 bits per heavy atom. The molecule has 0 aliphatic carbocycles.